The third-order valence-corrected chi connectivity index (χ3v) is 6.26. The lowest BCUT2D eigenvalue weighted by Gasteiger charge is -2.20. The molecule has 0 saturated heterocycles. The van der Waals surface area contributed by atoms with Crippen LogP contribution in [0.3, 0.4) is 0 Å². The Balaban J connectivity index is 1.91. The highest BCUT2D eigenvalue weighted by atomic mass is 19.3. The first-order valence-electron chi connectivity index (χ1n) is 13.6. The van der Waals surface area contributed by atoms with E-state index in [1.807, 2.05) is 0 Å². The number of halogens is 6. The van der Waals surface area contributed by atoms with E-state index >= 15 is 0 Å². The van der Waals surface area contributed by atoms with Crippen LogP contribution in [0.2, 0.25) is 0 Å². The van der Waals surface area contributed by atoms with Gasteiger partial charge in [0.25, 0.3) is 0 Å². The number of alkyl halides is 2. The quantitative estimate of drug-likeness (QED) is 0.0707. The first-order chi connectivity index (χ1) is 20.0. The molecular formula is C31H34F6O5. The first kappa shape index (κ1) is 34.4. The Morgan fingerprint density at radius 3 is 1.60 bits per heavy atom. The number of carbonyl (C=O) groups excluding carboxylic acids is 2. The second-order valence-electron chi connectivity index (χ2n) is 9.49. The maximum atomic E-state index is 14.8. The van der Waals surface area contributed by atoms with E-state index < -0.39 is 52.6 Å². The van der Waals surface area contributed by atoms with Gasteiger partial charge in [-0.2, -0.15) is 8.78 Å². The molecule has 0 atom stereocenters. The lowest BCUT2D eigenvalue weighted by Crippen LogP contribution is -2.25. The molecule has 0 amide bonds. The van der Waals surface area contributed by atoms with Gasteiger partial charge in [0.15, 0.2) is 0 Å². The summed E-state index contributed by atoms with van der Waals surface area (Å²) in [5.74, 6) is -7.36. The van der Waals surface area contributed by atoms with E-state index in [9.17, 15) is 35.9 Å². The minimum Gasteiger partial charge on any atom is -0.463 e. The van der Waals surface area contributed by atoms with Crippen LogP contribution >= 0.6 is 0 Å². The number of ether oxygens (including phenoxy) is 3. The van der Waals surface area contributed by atoms with Gasteiger partial charge < -0.3 is 14.2 Å². The van der Waals surface area contributed by atoms with Crippen molar-refractivity contribution in [1.29, 1.82) is 0 Å². The van der Waals surface area contributed by atoms with Gasteiger partial charge in [0.05, 0.1) is 13.2 Å². The summed E-state index contributed by atoms with van der Waals surface area (Å²) in [5.41, 5.74) is -1.84. The zero-order valence-electron chi connectivity index (χ0n) is 23.2. The summed E-state index contributed by atoms with van der Waals surface area (Å²) >= 11 is 0. The van der Waals surface area contributed by atoms with E-state index in [-0.39, 0.29) is 37.2 Å². The molecule has 0 radical (unpaired) electrons. The highest BCUT2D eigenvalue weighted by Crippen LogP contribution is 2.36. The fourth-order valence-corrected chi connectivity index (χ4v) is 4.13. The minimum absolute atomic E-state index is 0.0196. The molecule has 42 heavy (non-hydrogen) atoms. The number of rotatable bonds is 19. The number of benzene rings is 2. The zero-order chi connectivity index (χ0) is 31.1. The molecule has 5 nitrogen and oxygen atoms in total. The van der Waals surface area contributed by atoms with Crippen LogP contribution in [0.5, 0.6) is 5.75 Å². The van der Waals surface area contributed by atoms with Crippen LogP contribution in [0.25, 0.3) is 0 Å². The average molecular weight is 601 g/mol. The van der Waals surface area contributed by atoms with Crippen molar-refractivity contribution in [3.8, 4) is 5.75 Å². The van der Waals surface area contributed by atoms with E-state index in [4.69, 9.17) is 9.47 Å². The standard InChI is InChI=1S/C31H34F6O5/c1-3-28(38)40-15-11-7-5-9-13-21-17-26(34)30(27(35)18-21)31(36,37)42-22-19-24(32)23(25(33)20-22)14-10-6-8-12-16-41-29(39)4-2/h3-4,17-20H,1-2,5-16H2. The molecule has 0 unspecified atom stereocenters. The molecule has 0 heterocycles. The van der Waals surface area contributed by atoms with Crippen LogP contribution in [0, 0.1) is 23.3 Å². The maximum Gasteiger partial charge on any atom is 0.432 e. The third kappa shape index (κ3) is 11.3. The number of unbranched alkanes of at least 4 members (excludes halogenated alkanes) is 6. The van der Waals surface area contributed by atoms with E-state index in [1.165, 1.54) is 0 Å². The van der Waals surface area contributed by atoms with E-state index in [1.54, 1.807) is 0 Å². The van der Waals surface area contributed by atoms with Gasteiger partial charge in [-0.25, -0.2) is 27.2 Å². The lowest BCUT2D eigenvalue weighted by atomic mass is 10.0. The Morgan fingerprint density at radius 2 is 1.12 bits per heavy atom. The van der Waals surface area contributed by atoms with Crippen molar-refractivity contribution in [2.75, 3.05) is 13.2 Å². The second-order valence-corrected chi connectivity index (χ2v) is 9.49. The summed E-state index contributed by atoms with van der Waals surface area (Å²) in [7, 11) is 0. The number of hydrogen-bond acceptors (Lipinski definition) is 5. The smallest absolute Gasteiger partial charge is 0.432 e. The van der Waals surface area contributed by atoms with Crippen LogP contribution in [-0.2, 0) is 38.0 Å². The molecule has 0 spiro atoms. The summed E-state index contributed by atoms with van der Waals surface area (Å²) in [5, 5.41) is 0. The third-order valence-electron chi connectivity index (χ3n) is 6.26. The average Bonchev–Trinajstić information content (AvgIpc) is 2.91. The molecule has 0 aliphatic carbocycles. The molecule has 230 valence electrons. The minimum atomic E-state index is -4.55. The van der Waals surface area contributed by atoms with Gasteiger partial charge in [-0.05, 0) is 56.2 Å². The molecule has 11 heteroatoms. The van der Waals surface area contributed by atoms with Crippen molar-refractivity contribution in [3.05, 3.63) is 89.5 Å². The molecule has 0 aromatic heterocycles. The number of carbonyl (C=O) groups is 2. The van der Waals surface area contributed by atoms with E-state index in [0.29, 0.717) is 63.5 Å². The molecule has 0 aliphatic rings. The summed E-state index contributed by atoms with van der Waals surface area (Å²) in [6.07, 6.45) is 2.30. The predicted molar refractivity (Wildman–Crippen MR) is 144 cm³/mol. The maximum absolute atomic E-state index is 14.8. The van der Waals surface area contributed by atoms with Gasteiger partial charge in [-0.1, -0.05) is 38.8 Å². The van der Waals surface area contributed by atoms with Gasteiger partial charge in [0.1, 0.15) is 34.6 Å². The van der Waals surface area contributed by atoms with Crippen molar-refractivity contribution in [2.24, 2.45) is 0 Å². The largest absolute Gasteiger partial charge is 0.463 e. The molecule has 0 N–H and O–H groups in total. The number of aryl methyl sites for hydroxylation is 1. The second kappa shape index (κ2) is 17.3. The van der Waals surface area contributed by atoms with Gasteiger partial charge in [-0.15, -0.1) is 0 Å². The first-order valence-corrected chi connectivity index (χ1v) is 13.6. The lowest BCUT2D eigenvalue weighted by molar-refractivity contribution is -0.189. The van der Waals surface area contributed by atoms with Gasteiger partial charge in [-0.3, -0.25) is 0 Å². The normalized spacial score (nSPS) is 11.2. The Hall–Kier alpha value is -3.76. The Bertz CT molecular complexity index is 1180. The van der Waals surface area contributed by atoms with Crippen LogP contribution in [0.1, 0.15) is 68.1 Å². The Morgan fingerprint density at radius 1 is 0.667 bits per heavy atom. The fraction of sp³-hybridized carbons (Fsp3) is 0.419. The molecule has 0 aliphatic heterocycles. The highest BCUT2D eigenvalue weighted by Gasteiger charge is 2.41. The monoisotopic (exact) mass is 600 g/mol. The van der Waals surface area contributed by atoms with Gasteiger partial charge in [0.2, 0.25) is 0 Å². The van der Waals surface area contributed by atoms with Crippen molar-refractivity contribution in [1.82, 2.24) is 0 Å². The molecule has 2 aromatic rings. The van der Waals surface area contributed by atoms with Gasteiger partial charge in [0, 0.05) is 29.8 Å². The van der Waals surface area contributed by atoms with E-state index in [2.05, 4.69) is 17.9 Å². The summed E-state index contributed by atoms with van der Waals surface area (Å²) in [6.45, 7) is 6.96. The molecule has 2 aromatic carbocycles. The van der Waals surface area contributed by atoms with Crippen molar-refractivity contribution < 1.29 is 50.1 Å². The fourth-order valence-electron chi connectivity index (χ4n) is 4.13. The molecule has 0 fully saturated rings. The van der Waals surface area contributed by atoms with Gasteiger partial charge >= 0.3 is 18.0 Å². The number of esters is 2. The Kier molecular flexibility index (Phi) is 14.1. The van der Waals surface area contributed by atoms with Crippen LogP contribution in [0.4, 0.5) is 26.3 Å². The molecule has 0 bridgehead atoms. The summed E-state index contributed by atoms with van der Waals surface area (Å²) in [4.78, 5) is 21.9. The van der Waals surface area contributed by atoms with E-state index in [0.717, 1.165) is 24.3 Å². The highest BCUT2D eigenvalue weighted by molar-refractivity contribution is 5.81. The van der Waals surface area contributed by atoms with Crippen LogP contribution in [0.15, 0.2) is 49.6 Å². The SMILES string of the molecule is C=CC(=O)OCCCCCCc1cc(F)c(C(F)(F)Oc2cc(F)c(CCCCCCOC(=O)C=C)c(F)c2)c(F)c1. The van der Waals surface area contributed by atoms with Crippen molar-refractivity contribution >= 4 is 11.9 Å². The Labute approximate surface area is 241 Å². The number of hydrogen-bond donors (Lipinski definition) is 0. The summed E-state index contributed by atoms with van der Waals surface area (Å²) < 4.78 is 102. The van der Waals surface area contributed by atoms with Crippen molar-refractivity contribution in [3.63, 3.8) is 0 Å². The van der Waals surface area contributed by atoms with Crippen molar-refractivity contribution in [2.45, 2.75) is 70.3 Å². The zero-order valence-corrected chi connectivity index (χ0v) is 23.2. The van der Waals surface area contributed by atoms with Crippen LogP contribution < -0.4 is 4.74 Å². The molecule has 2 rings (SSSR count). The topological polar surface area (TPSA) is 61.8 Å². The summed E-state index contributed by atoms with van der Waals surface area (Å²) in [6, 6.07) is 2.64. The molecular weight excluding hydrogens is 566 g/mol. The molecule has 0 saturated carbocycles. The van der Waals surface area contributed by atoms with Crippen LogP contribution in [-0.4, -0.2) is 25.2 Å². The predicted octanol–water partition coefficient (Wildman–Crippen LogP) is 8.04.